The number of rotatable bonds is 9. The highest BCUT2D eigenvalue weighted by Gasteiger charge is 2.28. The van der Waals surface area contributed by atoms with E-state index in [2.05, 4.69) is 42.3 Å². The highest BCUT2D eigenvalue weighted by atomic mass is 35.5. The summed E-state index contributed by atoms with van der Waals surface area (Å²) in [6.45, 7) is 6.95. The van der Waals surface area contributed by atoms with Crippen LogP contribution in [0.4, 0.5) is 34.5 Å². The Morgan fingerprint density at radius 3 is 2.53 bits per heavy atom. The summed E-state index contributed by atoms with van der Waals surface area (Å²) in [6, 6.07) is 7.95. The third-order valence-corrected chi connectivity index (χ3v) is 11.0. The Bertz CT molecular complexity index is 1720. The van der Waals surface area contributed by atoms with E-state index in [-0.39, 0.29) is 16.8 Å². The molecule has 3 aromatic rings. The summed E-state index contributed by atoms with van der Waals surface area (Å²) >= 11 is 13.4. The van der Waals surface area contributed by atoms with Gasteiger partial charge in [0.15, 0.2) is 5.82 Å². The second kappa shape index (κ2) is 14.1. The standard InChI is InChI=1S/C32H42Cl2N8O4S/c1-39-9-5-10-41(14-13-39)22-6-11-42(12-7-22)27-19-30(45-3)26(17-23(27)33)37-32-35-20-24(34)31(38-32)36-25-18-29-21(8-15-46-29)16-28(25)40(2)47(4,43)44/h16-20,22H,5-15H2,1-4H3,(H2,35,36,37,38). The Balaban J connectivity index is 1.19. The van der Waals surface area contributed by atoms with Crippen LogP contribution in [-0.2, 0) is 16.4 Å². The molecular weight excluding hydrogens is 663 g/mol. The number of fused-ring (bicyclic) bond motifs is 1. The number of ether oxygens (including phenoxy) is 2. The first-order valence-corrected chi connectivity index (χ1v) is 18.5. The number of benzene rings is 2. The molecule has 3 aliphatic rings. The lowest BCUT2D eigenvalue weighted by molar-refractivity contribution is 0.174. The average molecular weight is 706 g/mol. The van der Waals surface area contributed by atoms with E-state index in [1.807, 2.05) is 18.2 Å². The zero-order valence-electron chi connectivity index (χ0n) is 27.2. The number of nitrogens with zero attached hydrogens (tertiary/aromatic N) is 6. The predicted octanol–water partition coefficient (Wildman–Crippen LogP) is 5.22. The number of halogens is 2. The minimum atomic E-state index is -3.54. The van der Waals surface area contributed by atoms with Crippen molar-refractivity contribution in [1.29, 1.82) is 0 Å². The Morgan fingerprint density at radius 1 is 1.00 bits per heavy atom. The fraction of sp³-hybridized carbons (Fsp3) is 0.500. The summed E-state index contributed by atoms with van der Waals surface area (Å²) in [7, 11) is 1.79. The summed E-state index contributed by atoms with van der Waals surface area (Å²) in [4.78, 5) is 16.4. The smallest absolute Gasteiger partial charge is 0.232 e. The molecule has 47 heavy (non-hydrogen) atoms. The van der Waals surface area contributed by atoms with Crippen LogP contribution in [0.25, 0.3) is 0 Å². The van der Waals surface area contributed by atoms with E-state index in [1.165, 1.54) is 24.0 Å². The molecule has 3 aliphatic heterocycles. The molecule has 2 saturated heterocycles. The third-order valence-electron chi connectivity index (χ3n) is 9.23. The minimum absolute atomic E-state index is 0.248. The fourth-order valence-corrected chi connectivity index (χ4v) is 7.40. The summed E-state index contributed by atoms with van der Waals surface area (Å²) in [6.07, 6.45) is 6.72. The van der Waals surface area contributed by atoms with Gasteiger partial charge in [0.1, 0.15) is 16.5 Å². The van der Waals surface area contributed by atoms with Gasteiger partial charge in [0.05, 0.1) is 53.9 Å². The number of aromatic nitrogens is 2. The van der Waals surface area contributed by atoms with Gasteiger partial charge in [-0.1, -0.05) is 23.2 Å². The molecule has 2 fully saturated rings. The maximum Gasteiger partial charge on any atom is 0.232 e. The van der Waals surface area contributed by atoms with E-state index in [0.717, 1.165) is 69.6 Å². The van der Waals surface area contributed by atoms with Crippen molar-refractivity contribution in [2.75, 3.05) is 93.2 Å². The van der Waals surface area contributed by atoms with Gasteiger partial charge in [-0.3, -0.25) is 9.21 Å². The largest absolute Gasteiger partial charge is 0.494 e. The molecule has 2 N–H and O–H groups in total. The van der Waals surface area contributed by atoms with Crippen molar-refractivity contribution in [2.45, 2.75) is 31.7 Å². The van der Waals surface area contributed by atoms with Gasteiger partial charge in [-0.25, -0.2) is 13.4 Å². The van der Waals surface area contributed by atoms with Gasteiger partial charge in [0.2, 0.25) is 16.0 Å². The molecule has 2 aromatic carbocycles. The van der Waals surface area contributed by atoms with Crippen molar-refractivity contribution in [1.82, 2.24) is 19.8 Å². The summed E-state index contributed by atoms with van der Waals surface area (Å²) in [5.41, 5.74) is 3.39. The molecule has 4 heterocycles. The number of sulfonamides is 1. The number of nitrogens with one attached hydrogen (secondary N) is 2. The van der Waals surface area contributed by atoms with Gasteiger partial charge >= 0.3 is 0 Å². The van der Waals surface area contributed by atoms with Crippen LogP contribution in [0, 0.1) is 0 Å². The van der Waals surface area contributed by atoms with Gasteiger partial charge in [-0.2, -0.15) is 4.98 Å². The summed E-state index contributed by atoms with van der Waals surface area (Å²) in [5, 5.41) is 7.27. The van der Waals surface area contributed by atoms with Crippen molar-refractivity contribution in [2.24, 2.45) is 0 Å². The van der Waals surface area contributed by atoms with Gasteiger partial charge < -0.3 is 29.9 Å². The molecule has 0 bridgehead atoms. The predicted molar refractivity (Wildman–Crippen MR) is 189 cm³/mol. The van der Waals surface area contributed by atoms with E-state index >= 15 is 0 Å². The zero-order chi connectivity index (χ0) is 33.3. The molecule has 0 aliphatic carbocycles. The van der Waals surface area contributed by atoms with E-state index in [9.17, 15) is 8.42 Å². The maximum absolute atomic E-state index is 12.5. The molecule has 0 spiro atoms. The van der Waals surface area contributed by atoms with Gasteiger partial charge in [-0.05, 0) is 57.1 Å². The van der Waals surface area contributed by atoms with E-state index in [0.29, 0.717) is 52.7 Å². The van der Waals surface area contributed by atoms with Crippen molar-refractivity contribution in [3.05, 3.63) is 46.1 Å². The second-order valence-corrected chi connectivity index (χ2v) is 15.2. The third kappa shape index (κ3) is 7.59. The molecule has 0 amide bonds. The van der Waals surface area contributed by atoms with Crippen molar-refractivity contribution in [3.8, 4) is 11.5 Å². The lowest BCUT2D eigenvalue weighted by Gasteiger charge is -2.39. The molecule has 0 saturated carbocycles. The Morgan fingerprint density at radius 2 is 1.79 bits per heavy atom. The van der Waals surface area contributed by atoms with Gasteiger partial charge in [0.25, 0.3) is 0 Å². The first-order valence-electron chi connectivity index (χ1n) is 15.9. The van der Waals surface area contributed by atoms with E-state index in [4.69, 9.17) is 32.7 Å². The molecule has 0 radical (unpaired) electrons. The minimum Gasteiger partial charge on any atom is -0.494 e. The van der Waals surface area contributed by atoms with Gasteiger partial charge in [-0.15, -0.1) is 0 Å². The first-order chi connectivity index (χ1) is 22.5. The molecule has 1 aromatic heterocycles. The molecule has 6 rings (SSSR count). The average Bonchev–Trinajstić information content (AvgIpc) is 3.39. The van der Waals surface area contributed by atoms with Crippen molar-refractivity contribution in [3.63, 3.8) is 0 Å². The molecule has 12 nitrogen and oxygen atoms in total. The van der Waals surface area contributed by atoms with E-state index in [1.54, 1.807) is 13.2 Å². The Hall–Kier alpha value is -3.23. The normalized spacial score (nSPS) is 18.0. The van der Waals surface area contributed by atoms with Crippen LogP contribution < -0.4 is 29.3 Å². The molecule has 15 heteroatoms. The van der Waals surface area contributed by atoms with E-state index < -0.39 is 10.0 Å². The quantitative estimate of drug-likeness (QED) is 0.306. The fourth-order valence-electron chi connectivity index (χ4n) is 6.47. The van der Waals surface area contributed by atoms with Crippen LogP contribution in [0.1, 0.15) is 24.8 Å². The van der Waals surface area contributed by atoms with Crippen LogP contribution in [0.5, 0.6) is 11.5 Å². The number of anilines is 6. The monoisotopic (exact) mass is 704 g/mol. The number of piperidine rings is 1. The number of hydrogen-bond donors (Lipinski definition) is 2. The summed E-state index contributed by atoms with van der Waals surface area (Å²) < 4.78 is 37.6. The highest BCUT2D eigenvalue weighted by Crippen LogP contribution is 2.41. The second-order valence-electron chi connectivity index (χ2n) is 12.4. The number of likely N-dealkylation sites (N-methyl/N-ethyl adjacent to an activating group) is 1. The Labute approximate surface area is 287 Å². The molecule has 0 unspecified atom stereocenters. The summed E-state index contributed by atoms with van der Waals surface area (Å²) in [5.74, 6) is 1.81. The lowest BCUT2D eigenvalue weighted by atomic mass is 10.0. The van der Waals surface area contributed by atoms with Crippen LogP contribution in [0.15, 0.2) is 30.5 Å². The van der Waals surface area contributed by atoms with Crippen LogP contribution in [-0.4, -0.2) is 108 Å². The van der Waals surface area contributed by atoms with Crippen LogP contribution >= 0.6 is 23.2 Å². The van der Waals surface area contributed by atoms with Gasteiger partial charge in [0, 0.05) is 57.8 Å². The van der Waals surface area contributed by atoms with Crippen LogP contribution in [0.3, 0.4) is 0 Å². The first kappa shape index (κ1) is 33.7. The Kier molecular flexibility index (Phi) is 10.1. The maximum atomic E-state index is 12.5. The molecule has 254 valence electrons. The van der Waals surface area contributed by atoms with Crippen molar-refractivity contribution < 1.29 is 17.9 Å². The SMILES string of the molecule is COc1cc(N2CCC(N3CCCN(C)CC3)CC2)c(Cl)cc1Nc1ncc(Cl)c(Nc2cc3c(cc2N(C)S(C)(=O)=O)CCO3)n1. The number of hydrogen-bond acceptors (Lipinski definition) is 11. The lowest BCUT2D eigenvalue weighted by Crippen LogP contribution is -2.46. The van der Waals surface area contributed by atoms with Crippen LogP contribution in [0.2, 0.25) is 10.0 Å². The zero-order valence-corrected chi connectivity index (χ0v) is 29.6. The highest BCUT2D eigenvalue weighted by molar-refractivity contribution is 7.92. The topological polar surface area (TPSA) is 115 Å². The molecule has 0 atom stereocenters. The molecular formula is C32H42Cl2N8O4S. The van der Waals surface area contributed by atoms with Crippen molar-refractivity contribution >= 4 is 67.7 Å². The number of methoxy groups -OCH3 is 1.